The molecule has 6 heteroatoms. The van der Waals surface area contributed by atoms with E-state index in [1.165, 1.54) is 6.08 Å². The number of amides is 1. The summed E-state index contributed by atoms with van der Waals surface area (Å²) in [5.41, 5.74) is 2.68. The van der Waals surface area contributed by atoms with Gasteiger partial charge in [-0.15, -0.1) is 0 Å². The second kappa shape index (κ2) is 7.53. The van der Waals surface area contributed by atoms with Crippen molar-refractivity contribution in [2.45, 2.75) is 6.54 Å². The van der Waals surface area contributed by atoms with Crippen molar-refractivity contribution in [3.8, 4) is 11.5 Å². The molecule has 2 aromatic carbocycles. The van der Waals surface area contributed by atoms with Gasteiger partial charge < -0.3 is 19.8 Å². The smallest absolute Gasteiger partial charge is 0.244 e. The third kappa shape index (κ3) is 3.98. The largest absolute Gasteiger partial charge is 0.493 e. The number of nitrogens with zero attached hydrogens (tertiary/aromatic N) is 1. The Hall–Kier alpha value is -3.28. The number of nitrogens with one attached hydrogen (secondary N) is 2. The molecule has 0 fully saturated rings. The Labute approximate surface area is 145 Å². The van der Waals surface area contributed by atoms with Gasteiger partial charge in [0.2, 0.25) is 5.91 Å². The molecule has 1 amide bonds. The average molecular weight is 337 g/mol. The Bertz CT molecular complexity index is 882. The first-order chi connectivity index (χ1) is 12.2. The van der Waals surface area contributed by atoms with Crippen molar-refractivity contribution < 1.29 is 14.3 Å². The van der Waals surface area contributed by atoms with Crippen molar-refractivity contribution in [1.29, 1.82) is 0 Å². The van der Waals surface area contributed by atoms with Crippen LogP contribution in [-0.4, -0.2) is 30.1 Å². The highest BCUT2D eigenvalue weighted by Gasteiger charge is 2.05. The fraction of sp³-hybridized carbons (Fsp3) is 0.158. The number of imidazole rings is 1. The maximum atomic E-state index is 12.0. The molecule has 2 N–H and O–H groups in total. The predicted molar refractivity (Wildman–Crippen MR) is 96.5 cm³/mol. The molecule has 3 rings (SSSR count). The number of H-pyrrole nitrogens is 1. The third-order valence-electron chi connectivity index (χ3n) is 3.70. The minimum absolute atomic E-state index is 0.199. The fourth-order valence-corrected chi connectivity index (χ4v) is 2.45. The summed E-state index contributed by atoms with van der Waals surface area (Å²) in [4.78, 5) is 19.6. The molecular weight excluding hydrogens is 318 g/mol. The van der Waals surface area contributed by atoms with E-state index >= 15 is 0 Å². The Kier molecular flexibility index (Phi) is 4.99. The summed E-state index contributed by atoms with van der Waals surface area (Å²) in [5, 5.41) is 2.81. The molecule has 0 saturated heterocycles. The quantitative estimate of drug-likeness (QED) is 0.678. The zero-order valence-electron chi connectivity index (χ0n) is 14.1. The minimum Gasteiger partial charge on any atom is -0.493 e. The number of carbonyl (C=O) groups is 1. The van der Waals surface area contributed by atoms with E-state index in [4.69, 9.17) is 9.47 Å². The van der Waals surface area contributed by atoms with Crippen LogP contribution in [0.1, 0.15) is 11.4 Å². The molecular formula is C19H19N3O3. The van der Waals surface area contributed by atoms with E-state index < -0.39 is 0 Å². The summed E-state index contributed by atoms with van der Waals surface area (Å²) in [5.74, 6) is 1.78. The molecule has 0 spiro atoms. The van der Waals surface area contributed by atoms with Gasteiger partial charge in [-0.2, -0.15) is 0 Å². The van der Waals surface area contributed by atoms with Crippen molar-refractivity contribution in [2.75, 3.05) is 14.2 Å². The van der Waals surface area contributed by atoms with Gasteiger partial charge in [0.05, 0.1) is 31.8 Å². The molecule has 0 aliphatic heterocycles. The molecule has 0 aliphatic carbocycles. The van der Waals surface area contributed by atoms with Gasteiger partial charge in [-0.05, 0) is 35.9 Å². The molecule has 25 heavy (non-hydrogen) atoms. The van der Waals surface area contributed by atoms with Gasteiger partial charge in [0.25, 0.3) is 0 Å². The van der Waals surface area contributed by atoms with Crippen LogP contribution in [0.25, 0.3) is 17.1 Å². The monoisotopic (exact) mass is 337 g/mol. The lowest BCUT2D eigenvalue weighted by molar-refractivity contribution is -0.116. The van der Waals surface area contributed by atoms with Crippen LogP contribution in [0.3, 0.4) is 0 Å². The Morgan fingerprint density at radius 1 is 1.16 bits per heavy atom. The minimum atomic E-state index is -0.199. The lowest BCUT2D eigenvalue weighted by atomic mass is 10.2. The number of benzene rings is 2. The first kappa shape index (κ1) is 16.6. The van der Waals surface area contributed by atoms with E-state index in [2.05, 4.69) is 15.3 Å². The van der Waals surface area contributed by atoms with Crippen molar-refractivity contribution in [2.24, 2.45) is 0 Å². The molecule has 0 radical (unpaired) electrons. The zero-order valence-corrected chi connectivity index (χ0v) is 14.1. The SMILES string of the molecule is COc1ccc(/C=C/C(=O)NCc2nc3ccccc3[nH]2)cc1OC. The van der Waals surface area contributed by atoms with Crippen LogP contribution in [0, 0.1) is 0 Å². The van der Waals surface area contributed by atoms with Crippen molar-refractivity contribution in [3.05, 3.63) is 59.9 Å². The van der Waals surface area contributed by atoms with Gasteiger partial charge in [-0.1, -0.05) is 18.2 Å². The molecule has 0 atom stereocenters. The maximum Gasteiger partial charge on any atom is 0.244 e. The molecule has 0 bridgehead atoms. The van der Waals surface area contributed by atoms with E-state index in [0.29, 0.717) is 23.9 Å². The van der Waals surface area contributed by atoms with Crippen LogP contribution >= 0.6 is 0 Å². The van der Waals surface area contributed by atoms with Gasteiger partial charge in [0.1, 0.15) is 5.82 Å². The Balaban J connectivity index is 1.61. The molecule has 0 aliphatic rings. The number of rotatable bonds is 6. The highest BCUT2D eigenvalue weighted by atomic mass is 16.5. The molecule has 0 unspecified atom stereocenters. The van der Waals surface area contributed by atoms with Crippen LogP contribution in [-0.2, 0) is 11.3 Å². The molecule has 0 saturated carbocycles. The number of hydrogen-bond donors (Lipinski definition) is 2. The first-order valence-electron chi connectivity index (χ1n) is 7.81. The van der Waals surface area contributed by atoms with Crippen molar-refractivity contribution >= 4 is 23.0 Å². The summed E-state index contributed by atoms with van der Waals surface area (Å²) >= 11 is 0. The van der Waals surface area contributed by atoms with Crippen LogP contribution < -0.4 is 14.8 Å². The van der Waals surface area contributed by atoms with E-state index in [1.54, 1.807) is 26.4 Å². The summed E-state index contributed by atoms with van der Waals surface area (Å²) in [6, 6.07) is 13.2. The van der Waals surface area contributed by atoms with Gasteiger partial charge in [0, 0.05) is 6.08 Å². The average Bonchev–Trinajstić information content (AvgIpc) is 3.07. The van der Waals surface area contributed by atoms with E-state index in [9.17, 15) is 4.79 Å². The predicted octanol–water partition coefficient (Wildman–Crippen LogP) is 2.91. The Morgan fingerprint density at radius 2 is 1.96 bits per heavy atom. The zero-order chi connectivity index (χ0) is 17.6. The van der Waals surface area contributed by atoms with Gasteiger partial charge in [-0.25, -0.2) is 4.98 Å². The lowest BCUT2D eigenvalue weighted by Gasteiger charge is -2.07. The van der Waals surface area contributed by atoms with E-state index in [1.807, 2.05) is 36.4 Å². The first-order valence-corrected chi connectivity index (χ1v) is 7.81. The number of ether oxygens (including phenoxy) is 2. The number of hydrogen-bond acceptors (Lipinski definition) is 4. The van der Waals surface area contributed by atoms with Gasteiger partial charge in [-0.3, -0.25) is 4.79 Å². The van der Waals surface area contributed by atoms with E-state index in [0.717, 1.165) is 16.6 Å². The lowest BCUT2D eigenvalue weighted by Crippen LogP contribution is -2.20. The third-order valence-corrected chi connectivity index (χ3v) is 3.70. The molecule has 1 heterocycles. The summed E-state index contributed by atoms with van der Waals surface area (Å²) in [6.45, 7) is 0.337. The van der Waals surface area contributed by atoms with Crippen molar-refractivity contribution in [1.82, 2.24) is 15.3 Å². The number of para-hydroxylation sites is 2. The fourth-order valence-electron chi connectivity index (χ4n) is 2.45. The number of aromatic nitrogens is 2. The van der Waals surface area contributed by atoms with Crippen LogP contribution in [0.5, 0.6) is 11.5 Å². The molecule has 128 valence electrons. The van der Waals surface area contributed by atoms with Crippen molar-refractivity contribution in [3.63, 3.8) is 0 Å². The highest BCUT2D eigenvalue weighted by molar-refractivity contribution is 5.91. The molecule has 3 aromatic rings. The van der Waals surface area contributed by atoms with Crippen LogP contribution in [0.4, 0.5) is 0 Å². The summed E-state index contributed by atoms with van der Waals surface area (Å²) in [6.07, 6.45) is 3.19. The second-order valence-electron chi connectivity index (χ2n) is 5.37. The summed E-state index contributed by atoms with van der Waals surface area (Å²) < 4.78 is 10.4. The Morgan fingerprint density at radius 3 is 2.72 bits per heavy atom. The summed E-state index contributed by atoms with van der Waals surface area (Å²) in [7, 11) is 3.16. The standard InChI is InChI=1S/C19H19N3O3/c1-24-16-9-7-13(11-17(16)25-2)8-10-19(23)20-12-18-21-14-5-3-4-6-15(14)22-18/h3-11H,12H2,1-2H3,(H,20,23)(H,21,22)/b10-8+. The topological polar surface area (TPSA) is 76.2 Å². The van der Waals surface area contributed by atoms with E-state index in [-0.39, 0.29) is 5.91 Å². The highest BCUT2D eigenvalue weighted by Crippen LogP contribution is 2.27. The normalized spacial score (nSPS) is 11.0. The number of fused-ring (bicyclic) bond motifs is 1. The number of carbonyl (C=O) groups excluding carboxylic acids is 1. The second-order valence-corrected chi connectivity index (χ2v) is 5.37. The maximum absolute atomic E-state index is 12.0. The molecule has 6 nitrogen and oxygen atoms in total. The van der Waals surface area contributed by atoms with Gasteiger partial charge in [0.15, 0.2) is 11.5 Å². The van der Waals surface area contributed by atoms with Crippen LogP contribution in [0.15, 0.2) is 48.5 Å². The molecule has 1 aromatic heterocycles. The number of methoxy groups -OCH3 is 2. The number of aromatic amines is 1. The van der Waals surface area contributed by atoms with Gasteiger partial charge >= 0.3 is 0 Å². The van der Waals surface area contributed by atoms with Crippen LogP contribution in [0.2, 0.25) is 0 Å².